The third kappa shape index (κ3) is 1.99. The molecule has 1 saturated heterocycles. The lowest BCUT2D eigenvalue weighted by atomic mass is 9.88. The van der Waals surface area contributed by atoms with Crippen LogP contribution in [0.1, 0.15) is 36.3 Å². The summed E-state index contributed by atoms with van der Waals surface area (Å²) in [6, 6.07) is 6.63. The molecule has 2 fully saturated rings. The molecule has 0 spiro atoms. The molecule has 1 heterocycles. The molecule has 1 N–H and O–H groups in total. The largest absolute Gasteiger partial charge is 0.331 e. The minimum absolute atomic E-state index is 0.0523. The number of imide groups is 2. The summed E-state index contributed by atoms with van der Waals surface area (Å²) in [5.41, 5.74) is 1.69. The minimum atomic E-state index is -0.908. The Balaban J connectivity index is 1.92. The summed E-state index contributed by atoms with van der Waals surface area (Å²) in [5.74, 6) is -1.83. The average molecular weight is 272 g/mol. The lowest BCUT2D eigenvalue weighted by Gasteiger charge is -2.39. The molecule has 1 aliphatic carbocycles. The Hall–Kier alpha value is -2.17. The number of hydrogen-bond acceptors (Lipinski definition) is 3. The number of aryl methyl sites for hydroxylation is 1. The SMILES string of the molecule is Cc1ccc(C2C(=O)NC(=O)N(C3CCC3)C2=O)cc1. The molecule has 0 aromatic heterocycles. The fourth-order valence-corrected chi connectivity index (χ4v) is 2.63. The zero-order valence-electron chi connectivity index (χ0n) is 11.3. The van der Waals surface area contributed by atoms with Gasteiger partial charge in [0, 0.05) is 6.04 Å². The van der Waals surface area contributed by atoms with Gasteiger partial charge in [-0.05, 0) is 31.7 Å². The number of nitrogens with one attached hydrogen (secondary N) is 1. The second-order valence-corrected chi connectivity index (χ2v) is 5.43. The summed E-state index contributed by atoms with van der Waals surface area (Å²) in [6.45, 7) is 1.94. The second-order valence-electron chi connectivity index (χ2n) is 5.43. The summed E-state index contributed by atoms with van der Waals surface area (Å²) in [7, 11) is 0. The maximum absolute atomic E-state index is 12.5. The van der Waals surface area contributed by atoms with E-state index in [0.29, 0.717) is 5.56 Å². The number of barbiturate groups is 1. The van der Waals surface area contributed by atoms with Gasteiger partial charge in [-0.25, -0.2) is 4.79 Å². The van der Waals surface area contributed by atoms with Crippen molar-refractivity contribution in [3.63, 3.8) is 0 Å². The van der Waals surface area contributed by atoms with E-state index in [0.717, 1.165) is 24.8 Å². The van der Waals surface area contributed by atoms with Crippen LogP contribution in [0.4, 0.5) is 4.79 Å². The van der Waals surface area contributed by atoms with Crippen LogP contribution in [0.15, 0.2) is 24.3 Å². The van der Waals surface area contributed by atoms with Gasteiger partial charge in [-0.2, -0.15) is 0 Å². The molecule has 20 heavy (non-hydrogen) atoms. The predicted molar refractivity (Wildman–Crippen MR) is 71.9 cm³/mol. The smallest absolute Gasteiger partial charge is 0.277 e. The molecule has 2 aliphatic rings. The molecule has 1 aromatic rings. The van der Waals surface area contributed by atoms with Crippen molar-refractivity contribution in [1.82, 2.24) is 10.2 Å². The Labute approximate surface area is 116 Å². The Morgan fingerprint density at radius 1 is 1.10 bits per heavy atom. The molecule has 0 bridgehead atoms. The molecule has 1 unspecified atom stereocenters. The topological polar surface area (TPSA) is 66.5 Å². The van der Waals surface area contributed by atoms with Crippen molar-refractivity contribution < 1.29 is 14.4 Å². The molecule has 0 radical (unpaired) electrons. The number of hydrogen-bond donors (Lipinski definition) is 1. The normalized spacial score (nSPS) is 23.6. The van der Waals surface area contributed by atoms with E-state index in [4.69, 9.17) is 0 Å². The number of carbonyl (C=O) groups is 3. The summed E-state index contributed by atoms with van der Waals surface area (Å²) in [4.78, 5) is 37.6. The van der Waals surface area contributed by atoms with Crippen molar-refractivity contribution >= 4 is 17.8 Å². The summed E-state index contributed by atoms with van der Waals surface area (Å²) >= 11 is 0. The van der Waals surface area contributed by atoms with Gasteiger partial charge in [0.2, 0.25) is 11.8 Å². The van der Waals surface area contributed by atoms with Crippen molar-refractivity contribution in [2.75, 3.05) is 0 Å². The highest BCUT2D eigenvalue weighted by Crippen LogP contribution is 2.31. The number of urea groups is 1. The Morgan fingerprint density at radius 3 is 2.30 bits per heavy atom. The quantitative estimate of drug-likeness (QED) is 0.833. The molecule has 4 amide bonds. The van der Waals surface area contributed by atoms with Gasteiger partial charge in [-0.3, -0.25) is 19.8 Å². The first-order valence-electron chi connectivity index (χ1n) is 6.82. The standard InChI is InChI=1S/C15H16N2O3/c1-9-5-7-10(8-6-9)12-13(18)16-15(20)17(14(12)19)11-3-2-4-11/h5-8,11-12H,2-4H2,1H3,(H,16,18,20). The molecule has 3 rings (SSSR count). The van der Waals surface area contributed by atoms with Crippen LogP contribution in [-0.2, 0) is 9.59 Å². The van der Waals surface area contributed by atoms with Crippen molar-refractivity contribution in [3.05, 3.63) is 35.4 Å². The van der Waals surface area contributed by atoms with Crippen molar-refractivity contribution in [2.24, 2.45) is 0 Å². The molecule has 1 aromatic carbocycles. The molecular formula is C15H16N2O3. The minimum Gasteiger partial charge on any atom is -0.277 e. The van der Waals surface area contributed by atoms with Crippen LogP contribution in [0.25, 0.3) is 0 Å². The molecule has 104 valence electrons. The van der Waals surface area contributed by atoms with E-state index < -0.39 is 23.8 Å². The van der Waals surface area contributed by atoms with E-state index in [2.05, 4.69) is 5.32 Å². The van der Waals surface area contributed by atoms with Gasteiger partial charge in [-0.15, -0.1) is 0 Å². The van der Waals surface area contributed by atoms with Crippen LogP contribution in [0, 0.1) is 6.92 Å². The van der Waals surface area contributed by atoms with Crippen molar-refractivity contribution in [2.45, 2.75) is 38.1 Å². The highest BCUT2D eigenvalue weighted by molar-refractivity contribution is 6.19. The first-order chi connectivity index (χ1) is 9.58. The second kappa shape index (κ2) is 4.74. The molecule has 5 nitrogen and oxygen atoms in total. The van der Waals surface area contributed by atoms with E-state index in [1.165, 1.54) is 4.90 Å². The molecule has 5 heteroatoms. The van der Waals surface area contributed by atoms with Gasteiger partial charge >= 0.3 is 6.03 Å². The highest BCUT2D eigenvalue weighted by atomic mass is 16.2. The lowest BCUT2D eigenvalue weighted by Crippen LogP contribution is -2.61. The van der Waals surface area contributed by atoms with E-state index in [9.17, 15) is 14.4 Å². The first kappa shape index (κ1) is 12.8. The van der Waals surface area contributed by atoms with E-state index in [1.807, 2.05) is 19.1 Å². The summed E-state index contributed by atoms with van der Waals surface area (Å²) < 4.78 is 0. The predicted octanol–water partition coefficient (Wildman–Crippen LogP) is 1.71. The summed E-state index contributed by atoms with van der Waals surface area (Å²) in [6.07, 6.45) is 2.67. The van der Waals surface area contributed by atoms with Gasteiger partial charge in [0.15, 0.2) is 0 Å². The third-order valence-corrected chi connectivity index (χ3v) is 4.05. The third-order valence-electron chi connectivity index (χ3n) is 4.05. The fraction of sp³-hybridized carbons (Fsp3) is 0.400. The Kier molecular flexibility index (Phi) is 3.04. The van der Waals surface area contributed by atoms with Crippen LogP contribution >= 0.6 is 0 Å². The number of carbonyl (C=O) groups excluding carboxylic acids is 3. The van der Waals surface area contributed by atoms with Crippen LogP contribution in [0.2, 0.25) is 0 Å². The van der Waals surface area contributed by atoms with E-state index in [-0.39, 0.29) is 6.04 Å². The van der Waals surface area contributed by atoms with Crippen LogP contribution in [0.3, 0.4) is 0 Å². The molecular weight excluding hydrogens is 256 g/mol. The highest BCUT2D eigenvalue weighted by Gasteiger charge is 2.45. The van der Waals surface area contributed by atoms with Gasteiger partial charge in [0.05, 0.1) is 0 Å². The van der Waals surface area contributed by atoms with Gasteiger partial charge < -0.3 is 0 Å². The Bertz CT molecular complexity index is 575. The number of benzene rings is 1. The summed E-state index contributed by atoms with van der Waals surface area (Å²) in [5, 5.41) is 2.30. The van der Waals surface area contributed by atoms with Crippen molar-refractivity contribution in [1.29, 1.82) is 0 Å². The van der Waals surface area contributed by atoms with Crippen molar-refractivity contribution in [3.8, 4) is 0 Å². The lowest BCUT2D eigenvalue weighted by molar-refractivity contribution is -0.141. The fourth-order valence-electron chi connectivity index (χ4n) is 2.63. The number of amides is 4. The average Bonchev–Trinajstić information content (AvgIpc) is 2.34. The Morgan fingerprint density at radius 2 is 1.75 bits per heavy atom. The maximum atomic E-state index is 12.5. The zero-order valence-corrected chi connectivity index (χ0v) is 11.3. The van der Waals surface area contributed by atoms with Gasteiger partial charge in [0.1, 0.15) is 5.92 Å². The van der Waals surface area contributed by atoms with Gasteiger partial charge in [-0.1, -0.05) is 29.8 Å². The van der Waals surface area contributed by atoms with Crippen LogP contribution in [-0.4, -0.2) is 28.8 Å². The first-order valence-corrected chi connectivity index (χ1v) is 6.82. The van der Waals surface area contributed by atoms with Crippen LogP contribution in [0.5, 0.6) is 0 Å². The van der Waals surface area contributed by atoms with Gasteiger partial charge in [0.25, 0.3) is 0 Å². The molecule has 1 aliphatic heterocycles. The number of rotatable bonds is 2. The number of nitrogens with zero attached hydrogens (tertiary/aromatic N) is 1. The monoisotopic (exact) mass is 272 g/mol. The molecule has 1 saturated carbocycles. The van der Waals surface area contributed by atoms with E-state index >= 15 is 0 Å². The zero-order chi connectivity index (χ0) is 14.3. The molecule has 1 atom stereocenters. The van der Waals surface area contributed by atoms with E-state index in [1.54, 1.807) is 12.1 Å². The maximum Gasteiger partial charge on any atom is 0.331 e. The van der Waals surface area contributed by atoms with Crippen LogP contribution < -0.4 is 5.32 Å².